The van der Waals surface area contributed by atoms with Gasteiger partial charge in [-0.25, -0.2) is 9.97 Å². The molecule has 1 amide bonds. The lowest BCUT2D eigenvalue weighted by Crippen LogP contribution is -2.21. The normalized spacial score (nSPS) is 10.4. The van der Waals surface area contributed by atoms with Crippen molar-refractivity contribution < 1.29 is 4.79 Å². The van der Waals surface area contributed by atoms with Crippen LogP contribution in [0.15, 0.2) is 60.9 Å². The number of para-hydroxylation sites is 1. The zero-order valence-corrected chi connectivity index (χ0v) is 17.1. The van der Waals surface area contributed by atoms with Crippen molar-refractivity contribution >= 4 is 28.9 Å². The number of carbonyl (C=O) groups is 1. The summed E-state index contributed by atoms with van der Waals surface area (Å²) < 4.78 is 0. The summed E-state index contributed by atoms with van der Waals surface area (Å²) in [4.78, 5) is 23.3. The zero-order chi connectivity index (χ0) is 20.6. The number of hydrogen-bond donors (Lipinski definition) is 2. The molecule has 0 saturated heterocycles. The van der Waals surface area contributed by atoms with Crippen molar-refractivity contribution in [1.82, 2.24) is 9.97 Å². The van der Waals surface area contributed by atoms with Crippen molar-refractivity contribution in [2.45, 2.75) is 27.2 Å². The van der Waals surface area contributed by atoms with Crippen molar-refractivity contribution in [2.24, 2.45) is 0 Å². The van der Waals surface area contributed by atoms with Gasteiger partial charge in [0.2, 0.25) is 5.95 Å². The molecule has 0 saturated carbocycles. The molecule has 0 aliphatic rings. The Morgan fingerprint density at radius 2 is 1.59 bits per heavy atom. The van der Waals surface area contributed by atoms with Gasteiger partial charge in [-0.2, -0.15) is 0 Å². The van der Waals surface area contributed by atoms with E-state index in [1.807, 2.05) is 36.4 Å². The fraction of sp³-hybridized carbons (Fsp3) is 0.261. The van der Waals surface area contributed by atoms with E-state index in [-0.39, 0.29) is 5.91 Å². The molecule has 3 aromatic rings. The van der Waals surface area contributed by atoms with Crippen LogP contribution in [0, 0.1) is 0 Å². The fourth-order valence-corrected chi connectivity index (χ4v) is 3.13. The molecular formula is C23H27N5O. The highest BCUT2D eigenvalue weighted by atomic mass is 16.1. The highest BCUT2D eigenvalue weighted by Gasteiger charge is 2.10. The molecule has 0 aliphatic carbocycles. The predicted molar refractivity (Wildman–Crippen MR) is 119 cm³/mol. The van der Waals surface area contributed by atoms with E-state index in [1.54, 1.807) is 0 Å². The minimum Gasteiger partial charge on any atom is -0.372 e. The molecule has 0 fully saturated rings. The molecule has 3 rings (SSSR count). The van der Waals surface area contributed by atoms with Crippen LogP contribution in [0.3, 0.4) is 0 Å². The summed E-state index contributed by atoms with van der Waals surface area (Å²) in [6, 6.07) is 15.9. The van der Waals surface area contributed by atoms with Gasteiger partial charge in [0.25, 0.3) is 5.91 Å². The van der Waals surface area contributed by atoms with Gasteiger partial charge in [0, 0.05) is 42.5 Å². The third kappa shape index (κ3) is 5.10. The number of hydrogen-bond acceptors (Lipinski definition) is 5. The summed E-state index contributed by atoms with van der Waals surface area (Å²) >= 11 is 0. The van der Waals surface area contributed by atoms with Gasteiger partial charge in [-0.3, -0.25) is 4.79 Å². The summed E-state index contributed by atoms with van der Waals surface area (Å²) in [6.07, 6.45) is 3.91. The molecular weight excluding hydrogens is 362 g/mol. The van der Waals surface area contributed by atoms with Crippen molar-refractivity contribution in [3.8, 4) is 0 Å². The number of anilines is 4. The van der Waals surface area contributed by atoms with Crippen molar-refractivity contribution in [3.63, 3.8) is 0 Å². The number of amides is 1. The van der Waals surface area contributed by atoms with Gasteiger partial charge in [-0.05, 0) is 56.2 Å². The Morgan fingerprint density at radius 1 is 0.931 bits per heavy atom. The summed E-state index contributed by atoms with van der Waals surface area (Å²) in [6.45, 7) is 8.28. The predicted octanol–water partition coefficient (Wildman–Crippen LogP) is 4.88. The van der Waals surface area contributed by atoms with Crippen molar-refractivity contribution in [2.75, 3.05) is 28.6 Å². The van der Waals surface area contributed by atoms with Gasteiger partial charge in [0.05, 0.1) is 5.56 Å². The molecule has 29 heavy (non-hydrogen) atoms. The number of aromatic nitrogens is 2. The first-order chi connectivity index (χ1) is 14.1. The third-order valence-electron chi connectivity index (χ3n) is 4.81. The molecule has 0 atom stereocenters. The Morgan fingerprint density at radius 3 is 2.21 bits per heavy atom. The Hall–Kier alpha value is -3.41. The maximum absolute atomic E-state index is 12.5. The van der Waals surface area contributed by atoms with Crippen molar-refractivity contribution in [3.05, 3.63) is 72.1 Å². The van der Waals surface area contributed by atoms with E-state index in [2.05, 4.69) is 58.4 Å². The van der Waals surface area contributed by atoms with Crippen LogP contribution in [0.4, 0.5) is 23.0 Å². The summed E-state index contributed by atoms with van der Waals surface area (Å²) in [5.74, 6) is 0.229. The summed E-state index contributed by atoms with van der Waals surface area (Å²) in [5.41, 5.74) is 4.40. The Kier molecular flexibility index (Phi) is 6.79. The molecule has 0 bridgehead atoms. The van der Waals surface area contributed by atoms with Crippen LogP contribution < -0.4 is 15.5 Å². The highest BCUT2D eigenvalue weighted by Crippen LogP contribution is 2.20. The molecule has 150 valence electrons. The lowest BCUT2D eigenvalue weighted by Gasteiger charge is -2.21. The molecule has 0 radical (unpaired) electrons. The van der Waals surface area contributed by atoms with Crippen LogP contribution >= 0.6 is 0 Å². The van der Waals surface area contributed by atoms with Gasteiger partial charge >= 0.3 is 0 Å². The Labute approximate surface area is 172 Å². The molecule has 2 aromatic carbocycles. The average Bonchev–Trinajstić information content (AvgIpc) is 2.76. The largest absolute Gasteiger partial charge is 0.372 e. The van der Waals surface area contributed by atoms with Gasteiger partial charge in [0.15, 0.2) is 0 Å². The van der Waals surface area contributed by atoms with Gasteiger partial charge in [0.1, 0.15) is 0 Å². The standard InChI is InChI=1S/C23H27N5O/c1-4-17-9-7-8-10-21(17)27-22(29)18-15-24-23(25-16-18)26-19-11-13-20(14-12-19)28(5-2)6-3/h7-16H,4-6H2,1-3H3,(H,27,29)(H,24,25,26). The van der Waals surface area contributed by atoms with E-state index in [0.29, 0.717) is 11.5 Å². The van der Waals surface area contributed by atoms with Gasteiger partial charge in [-0.15, -0.1) is 0 Å². The van der Waals surface area contributed by atoms with E-state index in [4.69, 9.17) is 0 Å². The number of aryl methyl sites for hydroxylation is 1. The zero-order valence-electron chi connectivity index (χ0n) is 17.1. The molecule has 6 nitrogen and oxygen atoms in total. The lowest BCUT2D eigenvalue weighted by atomic mass is 10.1. The van der Waals surface area contributed by atoms with Crippen LogP contribution in [0.25, 0.3) is 0 Å². The van der Waals surface area contributed by atoms with Crippen LogP contribution in [0.2, 0.25) is 0 Å². The molecule has 2 N–H and O–H groups in total. The Balaban J connectivity index is 1.64. The molecule has 0 spiro atoms. The quantitative estimate of drug-likeness (QED) is 0.574. The smallest absolute Gasteiger partial charge is 0.258 e. The third-order valence-corrected chi connectivity index (χ3v) is 4.81. The molecule has 0 aliphatic heterocycles. The average molecular weight is 390 g/mol. The highest BCUT2D eigenvalue weighted by molar-refractivity contribution is 6.04. The van der Waals surface area contributed by atoms with Crippen LogP contribution in [-0.4, -0.2) is 29.0 Å². The topological polar surface area (TPSA) is 70.2 Å². The second kappa shape index (κ2) is 9.68. The number of nitrogens with one attached hydrogen (secondary N) is 2. The number of benzene rings is 2. The summed E-state index contributed by atoms with van der Waals surface area (Å²) in [7, 11) is 0. The minimum atomic E-state index is -0.221. The number of rotatable bonds is 8. The van der Waals surface area contributed by atoms with E-state index in [0.717, 1.165) is 36.4 Å². The van der Waals surface area contributed by atoms with E-state index < -0.39 is 0 Å². The van der Waals surface area contributed by atoms with Crippen LogP contribution in [0.5, 0.6) is 0 Å². The Bertz CT molecular complexity index is 934. The SMILES string of the molecule is CCc1ccccc1NC(=O)c1cnc(Nc2ccc(N(CC)CC)cc2)nc1. The monoisotopic (exact) mass is 389 g/mol. The first kappa shape index (κ1) is 20.3. The van der Waals surface area contributed by atoms with Crippen molar-refractivity contribution in [1.29, 1.82) is 0 Å². The van der Waals surface area contributed by atoms with E-state index >= 15 is 0 Å². The van der Waals surface area contributed by atoms with E-state index in [9.17, 15) is 4.79 Å². The van der Waals surface area contributed by atoms with Crippen LogP contribution in [-0.2, 0) is 6.42 Å². The summed E-state index contributed by atoms with van der Waals surface area (Å²) in [5, 5.41) is 6.10. The molecule has 0 unspecified atom stereocenters. The first-order valence-corrected chi connectivity index (χ1v) is 9.97. The van der Waals surface area contributed by atoms with E-state index in [1.165, 1.54) is 18.1 Å². The second-order valence-electron chi connectivity index (χ2n) is 6.60. The number of nitrogens with zero attached hydrogens (tertiary/aromatic N) is 3. The maximum Gasteiger partial charge on any atom is 0.258 e. The molecule has 1 heterocycles. The molecule has 1 aromatic heterocycles. The van der Waals surface area contributed by atoms with Gasteiger partial charge in [-0.1, -0.05) is 25.1 Å². The second-order valence-corrected chi connectivity index (χ2v) is 6.60. The maximum atomic E-state index is 12.5. The molecule has 6 heteroatoms. The lowest BCUT2D eigenvalue weighted by molar-refractivity contribution is 0.102. The first-order valence-electron chi connectivity index (χ1n) is 9.97. The van der Waals surface area contributed by atoms with Crippen LogP contribution in [0.1, 0.15) is 36.7 Å². The van der Waals surface area contributed by atoms with Gasteiger partial charge < -0.3 is 15.5 Å². The number of carbonyl (C=O) groups excluding carboxylic acids is 1. The fourth-order valence-electron chi connectivity index (χ4n) is 3.13. The minimum absolute atomic E-state index is 0.221.